The maximum Gasteiger partial charge on any atom is 0.310 e. The maximum atomic E-state index is 13.1. The van der Waals surface area contributed by atoms with Crippen molar-refractivity contribution >= 4 is 11.9 Å². The average molecular weight is 336 g/mol. The quantitative estimate of drug-likeness (QED) is 0.857. The monoisotopic (exact) mass is 336 g/mol. The minimum Gasteiger partial charge on any atom is -0.460 e. The van der Waals surface area contributed by atoms with Gasteiger partial charge in [-0.2, -0.15) is 0 Å². The molecule has 1 saturated heterocycles. The molecule has 6 heteroatoms. The van der Waals surface area contributed by atoms with Gasteiger partial charge in [-0.05, 0) is 57.9 Å². The van der Waals surface area contributed by atoms with Gasteiger partial charge in [0.05, 0.1) is 5.92 Å². The lowest BCUT2D eigenvalue weighted by Crippen LogP contribution is -2.46. The van der Waals surface area contributed by atoms with Crippen molar-refractivity contribution in [1.29, 1.82) is 0 Å². The van der Waals surface area contributed by atoms with Gasteiger partial charge in [-0.25, -0.2) is 4.39 Å². The molecule has 0 aromatic heterocycles. The Balaban J connectivity index is 2.14. The molecule has 0 bridgehead atoms. The number of nitrogens with zero attached hydrogens (tertiary/aromatic N) is 1. The molecule has 1 aromatic rings. The summed E-state index contributed by atoms with van der Waals surface area (Å²) in [7, 11) is 0. The van der Waals surface area contributed by atoms with E-state index in [4.69, 9.17) is 10.5 Å². The number of amides is 1. The number of carbonyl (C=O) groups excluding carboxylic acids is 2. The number of rotatable bonds is 4. The molecule has 5 nitrogen and oxygen atoms in total. The van der Waals surface area contributed by atoms with E-state index in [9.17, 15) is 14.0 Å². The van der Waals surface area contributed by atoms with E-state index in [2.05, 4.69) is 0 Å². The van der Waals surface area contributed by atoms with E-state index >= 15 is 0 Å². The van der Waals surface area contributed by atoms with Crippen LogP contribution in [0.2, 0.25) is 0 Å². The summed E-state index contributed by atoms with van der Waals surface area (Å²) in [6, 6.07) is 5.06. The summed E-state index contributed by atoms with van der Waals surface area (Å²) >= 11 is 0. The second-order valence-corrected chi connectivity index (χ2v) is 7.22. The average Bonchev–Trinajstić information content (AvgIpc) is 2.48. The summed E-state index contributed by atoms with van der Waals surface area (Å²) < 4.78 is 18.6. The molecule has 0 radical (unpaired) electrons. The summed E-state index contributed by atoms with van der Waals surface area (Å²) in [5.41, 5.74) is 5.66. The zero-order valence-electron chi connectivity index (χ0n) is 14.4. The molecule has 1 aliphatic heterocycles. The number of esters is 1. The standard InChI is InChI=1S/C18H25FN2O3/c1-18(2,3)24-17(23)13-5-4-10-21(11-13)15(16(20)22)12-6-8-14(19)9-7-12/h6-9,13,15H,4-5,10-11H2,1-3H3,(H2,20,22). The van der Waals surface area contributed by atoms with Gasteiger partial charge in [-0.3, -0.25) is 14.5 Å². The molecule has 0 saturated carbocycles. The minimum absolute atomic E-state index is 0.255. The van der Waals surface area contributed by atoms with Gasteiger partial charge in [0, 0.05) is 6.54 Å². The van der Waals surface area contributed by atoms with Crippen LogP contribution in [0.25, 0.3) is 0 Å². The van der Waals surface area contributed by atoms with E-state index in [1.54, 1.807) is 12.1 Å². The molecule has 0 spiro atoms. The predicted octanol–water partition coefficient (Wildman–Crippen LogP) is 2.41. The van der Waals surface area contributed by atoms with E-state index in [0.29, 0.717) is 18.7 Å². The molecule has 132 valence electrons. The molecule has 2 atom stereocenters. The Morgan fingerprint density at radius 1 is 1.29 bits per heavy atom. The van der Waals surface area contributed by atoms with Crippen molar-refractivity contribution in [1.82, 2.24) is 4.90 Å². The third kappa shape index (κ3) is 4.77. The van der Waals surface area contributed by atoms with Crippen molar-refractivity contribution < 1.29 is 18.7 Å². The SMILES string of the molecule is CC(C)(C)OC(=O)C1CCCN(C(C(N)=O)c2ccc(F)cc2)C1. The highest BCUT2D eigenvalue weighted by molar-refractivity contribution is 5.81. The minimum atomic E-state index is -0.671. The molecule has 2 N–H and O–H groups in total. The lowest BCUT2D eigenvalue weighted by atomic mass is 9.94. The fourth-order valence-corrected chi connectivity index (χ4v) is 3.02. The molecule has 1 fully saturated rings. The summed E-state index contributed by atoms with van der Waals surface area (Å²) in [6.45, 7) is 6.55. The highest BCUT2D eigenvalue weighted by Gasteiger charge is 2.35. The molecule has 24 heavy (non-hydrogen) atoms. The zero-order valence-corrected chi connectivity index (χ0v) is 14.4. The van der Waals surface area contributed by atoms with Gasteiger partial charge in [-0.1, -0.05) is 12.1 Å². The first-order valence-corrected chi connectivity index (χ1v) is 8.19. The number of primary amides is 1. The van der Waals surface area contributed by atoms with Crippen LogP contribution in [0.3, 0.4) is 0 Å². The number of benzene rings is 1. The van der Waals surface area contributed by atoms with Crippen LogP contribution >= 0.6 is 0 Å². The first-order valence-electron chi connectivity index (χ1n) is 8.19. The Bertz CT molecular complexity index is 595. The molecule has 1 aromatic carbocycles. The Hall–Kier alpha value is -1.95. The van der Waals surface area contributed by atoms with E-state index in [1.165, 1.54) is 12.1 Å². The molecule has 2 unspecified atom stereocenters. The van der Waals surface area contributed by atoms with Crippen molar-refractivity contribution in [3.8, 4) is 0 Å². The molecule has 0 aliphatic carbocycles. The van der Waals surface area contributed by atoms with Crippen LogP contribution in [0.4, 0.5) is 4.39 Å². The number of likely N-dealkylation sites (tertiary alicyclic amines) is 1. The Morgan fingerprint density at radius 2 is 1.92 bits per heavy atom. The Kier molecular flexibility index (Phi) is 5.59. The second kappa shape index (κ2) is 7.30. The highest BCUT2D eigenvalue weighted by Crippen LogP contribution is 2.28. The van der Waals surface area contributed by atoms with Gasteiger partial charge >= 0.3 is 5.97 Å². The van der Waals surface area contributed by atoms with Crippen LogP contribution in [-0.2, 0) is 14.3 Å². The normalized spacial score (nSPS) is 20.4. The smallest absolute Gasteiger partial charge is 0.310 e. The first-order chi connectivity index (χ1) is 11.2. The molecular formula is C18H25FN2O3. The fourth-order valence-electron chi connectivity index (χ4n) is 3.02. The topological polar surface area (TPSA) is 72.6 Å². The lowest BCUT2D eigenvalue weighted by Gasteiger charge is -2.37. The number of piperidine rings is 1. The van der Waals surface area contributed by atoms with E-state index in [1.807, 2.05) is 25.7 Å². The summed E-state index contributed by atoms with van der Waals surface area (Å²) in [5.74, 6) is -1.42. The van der Waals surface area contributed by atoms with Crippen LogP contribution in [0, 0.1) is 11.7 Å². The van der Waals surface area contributed by atoms with E-state index < -0.39 is 17.6 Å². The van der Waals surface area contributed by atoms with Crippen molar-refractivity contribution in [2.45, 2.75) is 45.3 Å². The second-order valence-electron chi connectivity index (χ2n) is 7.22. The number of ether oxygens (including phenoxy) is 1. The highest BCUT2D eigenvalue weighted by atomic mass is 19.1. The Morgan fingerprint density at radius 3 is 2.46 bits per heavy atom. The number of carbonyl (C=O) groups is 2. The predicted molar refractivity (Wildman–Crippen MR) is 88.5 cm³/mol. The molecule has 1 amide bonds. The molecule has 1 heterocycles. The van der Waals surface area contributed by atoms with Crippen molar-refractivity contribution in [2.24, 2.45) is 11.7 Å². The van der Waals surface area contributed by atoms with Crippen LogP contribution in [0.15, 0.2) is 24.3 Å². The summed E-state index contributed by atoms with van der Waals surface area (Å²) in [5, 5.41) is 0. The number of nitrogens with two attached hydrogens (primary N) is 1. The largest absolute Gasteiger partial charge is 0.460 e. The van der Waals surface area contributed by atoms with Crippen LogP contribution in [-0.4, -0.2) is 35.5 Å². The number of halogens is 1. The third-order valence-electron chi connectivity index (χ3n) is 4.01. The van der Waals surface area contributed by atoms with Gasteiger partial charge in [0.15, 0.2) is 0 Å². The van der Waals surface area contributed by atoms with Crippen molar-refractivity contribution in [3.05, 3.63) is 35.6 Å². The first kappa shape index (κ1) is 18.4. The van der Waals surface area contributed by atoms with Gasteiger partial charge < -0.3 is 10.5 Å². The van der Waals surface area contributed by atoms with Gasteiger partial charge in [-0.15, -0.1) is 0 Å². The van der Waals surface area contributed by atoms with Crippen molar-refractivity contribution in [2.75, 3.05) is 13.1 Å². The van der Waals surface area contributed by atoms with Crippen LogP contribution < -0.4 is 5.73 Å². The lowest BCUT2D eigenvalue weighted by molar-refractivity contribution is -0.162. The summed E-state index contributed by atoms with van der Waals surface area (Å²) in [6.07, 6.45) is 1.50. The van der Waals surface area contributed by atoms with Crippen LogP contribution in [0.5, 0.6) is 0 Å². The van der Waals surface area contributed by atoms with Crippen molar-refractivity contribution in [3.63, 3.8) is 0 Å². The van der Waals surface area contributed by atoms with E-state index in [0.717, 1.165) is 12.8 Å². The molecular weight excluding hydrogens is 311 g/mol. The fraction of sp³-hybridized carbons (Fsp3) is 0.556. The maximum absolute atomic E-state index is 13.1. The van der Waals surface area contributed by atoms with Crippen LogP contribution in [0.1, 0.15) is 45.2 Å². The Labute approximate surface area is 142 Å². The number of hydrogen-bond acceptors (Lipinski definition) is 4. The van der Waals surface area contributed by atoms with Gasteiger partial charge in [0.1, 0.15) is 17.5 Å². The van der Waals surface area contributed by atoms with Gasteiger partial charge in [0.25, 0.3) is 0 Å². The van der Waals surface area contributed by atoms with Gasteiger partial charge in [0.2, 0.25) is 5.91 Å². The summed E-state index contributed by atoms with van der Waals surface area (Å²) in [4.78, 5) is 26.2. The third-order valence-corrected chi connectivity index (χ3v) is 4.01. The molecule has 1 aliphatic rings. The van der Waals surface area contributed by atoms with E-state index in [-0.39, 0.29) is 17.7 Å². The number of hydrogen-bond donors (Lipinski definition) is 1. The zero-order chi connectivity index (χ0) is 17.9. The molecule has 2 rings (SSSR count).